The number of carboxylic acids is 1. The van der Waals surface area contributed by atoms with E-state index in [9.17, 15) is 19.8 Å². The van der Waals surface area contributed by atoms with Gasteiger partial charge in [-0.25, -0.2) is 4.79 Å². The Balaban J connectivity index is 1.89. The number of aliphatic hydroxyl groups excluding tert-OH is 1. The number of nitrogens with one attached hydrogen (secondary N) is 1. The summed E-state index contributed by atoms with van der Waals surface area (Å²) in [5, 5.41) is 22.6. The molecule has 3 aliphatic rings. The second-order valence-corrected chi connectivity index (χ2v) is 6.67. The molecule has 3 N–H and O–H groups in total. The van der Waals surface area contributed by atoms with E-state index >= 15 is 0 Å². The van der Waals surface area contributed by atoms with Crippen LogP contribution in [-0.4, -0.2) is 51.7 Å². The summed E-state index contributed by atoms with van der Waals surface area (Å²) in [6.07, 6.45) is 2.58. The standard InChI is InChI=1S/C17H22N2O4/c1-8-4-11(18-7-8)5-9(2)12-6-13-14(10(3)20)16(21)19(13)15(12)17(22)23/h5,10-11,13-14,18,20H,1,4,6-7H2,2-3H3,(H,22,23)/b9-5+/t10-,11+,13-,14-/m1/s1. The number of carboxylic acid groups (broad SMARTS) is 1. The van der Waals surface area contributed by atoms with Gasteiger partial charge in [0.1, 0.15) is 5.70 Å². The molecule has 0 aliphatic carbocycles. The maximum absolute atomic E-state index is 12.2. The van der Waals surface area contributed by atoms with Crippen molar-refractivity contribution in [3.05, 3.63) is 35.1 Å². The molecule has 0 saturated carbocycles. The maximum Gasteiger partial charge on any atom is 0.352 e. The fraction of sp³-hybridized carbons (Fsp3) is 0.529. The van der Waals surface area contributed by atoms with E-state index in [0.29, 0.717) is 12.0 Å². The van der Waals surface area contributed by atoms with Crippen LogP contribution < -0.4 is 5.32 Å². The summed E-state index contributed by atoms with van der Waals surface area (Å²) in [5.41, 5.74) is 2.77. The minimum Gasteiger partial charge on any atom is -0.477 e. The van der Waals surface area contributed by atoms with Gasteiger partial charge >= 0.3 is 5.97 Å². The normalized spacial score (nSPS) is 32.2. The highest BCUT2D eigenvalue weighted by atomic mass is 16.4. The first kappa shape index (κ1) is 16.0. The van der Waals surface area contributed by atoms with Crippen LogP contribution in [-0.2, 0) is 9.59 Å². The number of amides is 1. The SMILES string of the molecule is C=C1CN[C@H](/C=C(\C)C2=C(C(=O)O)N3C(=O)[C@H]([C@@H](C)O)[C@H]3C2)C1. The van der Waals surface area contributed by atoms with E-state index in [2.05, 4.69) is 11.9 Å². The lowest BCUT2D eigenvalue weighted by molar-refractivity contribution is -0.161. The number of aliphatic carboxylic acids is 1. The van der Waals surface area contributed by atoms with Gasteiger partial charge in [0, 0.05) is 12.6 Å². The number of β-lactam (4-membered cyclic amide) rings is 1. The summed E-state index contributed by atoms with van der Waals surface area (Å²) in [5.74, 6) is -1.88. The number of nitrogens with zero attached hydrogens (tertiary/aromatic N) is 1. The molecule has 4 atom stereocenters. The fourth-order valence-electron chi connectivity index (χ4n) is 3.87. The molecule has 0 bridgehead atoms. The molecule has 0 aromatic carbocycles. The van der Waals surface area contributed by atoms with Crippen LogP contribution in [0.25, 0.3) is 0 Å². The van der Waals surface area contributed by atoms with Crippen molar-refractivity contribution in [3.63, 3.8) is 0 Å². The molecule has 0 unspecified atom stereocenters. The Morgan fingerprint density at radius 3 is 2.70 bits per heavy atom. The van der Waals surface area contributed by atoms with Gasteiger partial charge < -0.3 is 20.4 Å². The molecule has 3 heterocycles. The van der Waals surface area contributed by atoms with Crippen molar-refractivity contribution in [1.29, 1.82) is 0 Å². The third kappa shape index (κ3) is 2.52. The highest BCUT2D eigenvalue weighted by Gasteiger charge is 2.56. The van der Waals surface area contributed by atoms with Gasteiger partial charge in [-0.3, -0.25) is 4.79 Å². The lowest BCUT2D eigenvalue weighted by Gasteiger charge is -2.44. The smallest absolute Gasteiger partial charge is 0.352 e. The lowest BCUT2D eigenvalue weighted by Crippen LogP contribution is -2.61. The summed E-state index contributed by atoms with van der Waals surface area (Å²) in [6, 6.07) is -0.0833. The van der Waals surface area contributed by atoms with E-state index in [1.54, 1.807) is 6.92 Å². The summed E-state index contributed by atoms with van der Waals surface area (Å²) >= 11 is 0. The molecular weight excluding hydrogens is 296 g/mol. The van der Waals surface area contributed by atoms with Crippen LogP contribution in [0.4, 0.5) is 0 Å². The first-order valence-corrected chi connectivity index (χ1v) is 7.87. The van der Waals surface area contributed by atoms with Crippen molar-refractivity contribution in [2.45, 2.75) is 44.9 Å². The molecule has 6 nitrogen and oxygen atoms in total. The Morgan fingerprint density at radius 2 is 2.17 bits per heavy atom. The van der Waals surface area contributed by atoms with Crippen molar-refractivity contribution < 1.29 is 19.8 Å². The summed E-state index contributed by atoms with van der Waals surface area (Å²) in [6.45, 7) is 8.18. The monoisotopic (exact) mass is 318 g/mol. The molecule has 6 heteroatoms. The second-order valence-electron chi connectivity index (χ2n) is 6.67. The van der Waals surface area contributed by atoms with E-state index in [1.165, 1.54) is 4.90 Å². The zero-order valence-corrected chi connectivity index (χ0v) is 13.4. The van der Waals surface area contributed by atoms with Gasteiger partial charge in [0.15, 0.2) is 0 Å². The molecule has 3 rings (SSSR count). The van der Waals surface area contributed by atoms with Crippen LogP contribution in [0, 0.1) is 5.92 Å². The molecular formula is C17H22N2O4. The molecule has 0 aromatic heterocycles. The third-order valence-corrected chi connectivity index (χ3v) is 4.98. The Bertz CT molecular complexity index is 647. The van der Waals surface area contributed by atoms with Gasteiger partial charge in [-0.05, 0) is 37.8 Å². The molecule has 0 spiro atoms. The van der Waals surface area contributed by atoms with Crippen LogP contribution in [0.1, 0.15) is 26.7 Å². The van der Waals surface area contributed by atoms with Gasteiger partial charge in [-0.1, -0.05) is 18.2 Å². The number of allylic oxidation sites excluding steroid dienone is 1. The lowest BCUT2D eigenvalue weighted by atomic mass is 9.82. The molecule has 0 aromatic rings. The van der Waals surface area contributed by atoms with E-state index in [1.807, 2.05) is 13.0 Å². The van der Waals surface area contributed by atoms with E-state index in [0.717, 1.165) is 24.1 Å². The number of aliphatic hydroxyl groups is 1. The zero-order valence-electron chi connectivity index (χ0n) is 13.4. The Hall–Kier alpha value is -1.92. The third-order valence-electron chi connectivity index (χ3n) is 4.98. The topological polar surface area (TPSA) is 89.9 Å². The summed E-state index contributed by atoms with van der Waals surface area (Å²) in [4.78, 5) is 25.2. The van der Waals surface area contributed by atoms with Gasteiger partial charge in [0.2, 0.25) is 5.91 Å². The van der Waals surface area contributed by atoms with Crippen LogP contribution in [0.5, 0.6) is 0 Å². The molecule has 124 valence electrons. The van der Waals surface area contributed by atoms with Crippen molar-refractivity contribution in [2.24, 2.45) is 5.92 Å². The molecule has 0 radical (unpaired) electrons. The minimum atomic E-state index is -1.09. The first-order chi connectivity index (χ1) is 10.8. The molecule has 23 heavy (non-hydrogen) atoms. The highest BCUT2D eigenvalue weighted by molar-refractivity contribution is 6.00. The van der Waals surface area contributed by atoms with Crippen molar-refractivity contribution >= 4 is 11.9 Å². The number of rotatable bonds is 4. The second kappa shape index (κ2) is 5.62. The molecule has 3 aliphatic heterocycles. The first-order valence-electron chi connectivity index (χ1n) is 7.87. The number of hydrogen-bond acceptors (Lipinski definition) is 4. The molecule has 1 amide bonds. The van der Waals surface area contributed by atoms with Crippen molar-refractivity contribution in [2.75, 3.05) is 6.54 Å². The Morgan fingerprint density at radius 1 is 1.48 bits per heavy atom. The highest BCUT2D eigenvalue weighted by Crippen LogP contribution is 2.45. The Kier molecular flexibility index (Phi) is 3.90. The molecule has 2 fully saturated rings. The summed E-state index contributed by atoms with van der Waals surface area (Å²) in [7, 11) is 0. The predicted octanol–water partition coefficient (Wildman–Crippen LogP) is 0.801. The molecule has 2 saturated heterocycles. The number of hydrogen-bond donors (Lipinski definition) is 3. The fourth-order valence-corrected chi connectivity index (χ4v) is 3.87. The van der Waals surface area contributed by atoms with E-state index < -0.39 is 18.0 Å². The van der Waals surface area contributed by atoms with Crippen LogP contribution in [0.15, 0.2) is 35.1 Å². The van der Waals surface area contributed by atoms with Crippen molar-refractivity contribution in [1.82, 2.24) is 10.2 Å². The van der Waals surface area contributed by atoms with E-state index in [4.69, 9.17) is 0 Å². The minimum absolute atomic E-state index is 0.0717. The zero-order chi connectivity index (χ0) is 16.9. The van der Waals surface area contributed by atoms with Gasteiger partial charge in [0.25, 0.3) is 0 Å². The average molecular weight is 318 g/mol. The largest absolute Gasteiger partial charge is 0.477 e. The van der Waals surface area contributed by atoms with Gasteiger partial charge in [0.05, 0.1) is 18.1 Å². The maximum atomic E-state index is 12.2. The van der Waals surface area contributed by atoms with Crippen LogP contribution >= 0.6 is 0 Å². The number of carbonyl (C=O) groups is 2. The summed E-state index contributed by atoms with van der Waals surface area (Å²) < 4.78 is 0. The number of carbonyl (C=O) groups excluding carboxylic acids is 1. The quantitative estimate of drug-likeness (QED) is 0.527. The average Bonchev–Trinajstić information content (AvgIpc) is 2.99. The van der Waals surface area contributed by atoms with Crippen LogP contribution in [0.2, 0.25) is 0 Å². The number of fused-ring (bicyclic) bond motifs is 1. The Labute approximate surface area is 135 Å². The van der Waals surface area contributed by atoms with Crippen LogP contribution in [0.3, 0.4) is 0 Å². The predicted molar refractivity (Wildman–Crippen MR) is 84.4 cm³/mol. The van der Waals surface area contributed by atoms with Crippen molar-refractivity contribution in [3.8, 4) is 0 Å². The van der Waals surface area contributed by atoms with E-state index in [-0.39, 0.29) is 23.7 Å². The van der Waals surface area contributed by atoms with Gasteiger partial charge in [-0.15, -0.1) is 0 Å². The van der Waals surface area contributed by atoms with Gasteiger partial charge in [-0.2, -0.15) is 0 Å².